The summed E-state index contributed by atoms with van der Waals surface area (Å²) in [5.74, 6) is 0.774. The lowest BCUT2D eigenvalue weighted by Gasteiger charge is -2.28. The summed E-state index contributed by atoms with van der Waals surface area (Å²) in [5.41, 5.74) is 11.1. The third-order valence-corrected chi connectivity index (χ3v) is 4.01. The van der Waals surface area contributed by atoms with E-state index in [-0.39, 0.29) is 0 Å². The van der Waals surface area contributed by atoms with Crippen molar-refractivity contribution in [1.29, 1.82) is 0 Å². The molecule has 1 aliphatic rings. The van der Waals surface area contributed by atoms with Crippen molar-refractivity contribution in [3.63, 3.8) is 0 Å². The van der Waals surface area contributed by atoms with E-state index in [2.05, 4.69) is 48.5 Å². The zero-order valence-electron chi connectivity index (χ0n) is 10.6. The summed E-state index contributed by atoms with van der Waals surface area (Å²) in [5, 5.41) is 0. The van der Waals surface area contributed by atoms with Crippen LogP contribution in [0.15, 0.2) is 48.5 Å². The summed E-state index contributed by atoms with van der Waals surface area (Å²) in [6.45, 7) is 0.616. The Bertz CT molecular complexity index is 524. The van der Waals surface area contributed by atoms with Crippen molar-refractivity contribution < 1.29 is 0 Å². The molecule has 0 aromatic heterocycles. The van der Waals surface area contributed by atoms with Gasteiger partial charge in [0.05, 0.1) is 0 Å². The molecule has 18 heavy (non-hydrogen) atoms. The van der Waals surface area contributed by atoms with E-state index in [0.29, 0.717) is 6.54 Å². The quantitative estimate of drug-likeness (QED) is 0.855. The molecule has 0 atom stereocenters. The summed E-state index contributed by atoms with van der Waals surface area (Å²) >= 11 is 0. The van der Waals surface area contributed by atoms with Crippen LogP contribution in [0.4, 0.5) is 0 Å². The maximum absolute atomic E-state index is 5.65. The Morgan fingerprint density at radius 3 is 2.28 bits per heavy atom. The number of hydrogen-bond donors (Lipinski definition) is 1. The van der Waals surface area contributed by atoms with Crippen LogP contribution in [-0.4, -0.2) is 0 Å². The molecule has 0 unspecified atom stereocenters. The molecular formula is C17H19N. The van der Waals surface area contributed by atoms with Gasteiger partial charge in [0.15, 0.2) is 0 Å². The lowest BCUT2D eigenvalue weighted by Crippen LogP contribution is -2.09. The lowest BCUT2D eigenvalue weighted by atomic mass is 9.77. The molecule has 1 saturated carbocycles. The van der Waals surface area contributed by atoms with E-state index in [1.165, 1.54) is 41.5 Å². The van der Waals surface area contributed by atoms with Crippen molar-refractivity contribution in [1.82, 2.24) is 0 Å². The van der Waals surface area contributed by atoms with Gasteiger partial charge in [-0.2, -0.15) is 0 Å². The molecule has 0 spiro atoms. The Morgan fingerprint density at radius 1 is 0.944 bits per heavy atom. The van der Waals surface area contributed by atoms with Crippen LogP contribution in [0.3, 0.4) is 0 Å². The van der Waals surface area contributed by atoms with Crippen molar-refractivity contribution in [3.8, 4) is 11.1 Å². The van der Waals surface area contributed by atoms with Crippen LogP contribution in [0.2, 0.25) is 0 Å². The van der Waals surface area contributed by atoms with Crippen molar-refractivity contribution in [3.05, 3.63) is 59.7 Å². The molecule has 0 heterocycles. The maximum Gasteiger partial charge on any atom is 0.0178 e. The van der Waals surface area contributed by atoms with Gasteiger partial charge in [0.25, 0.3) is 0 Å². The Kier molecular flexibility index (Phi) is 3.16. The van der Waals surface area contributed by atoms with Gasteiger partial charge in [-0.1, -0.05) is 55.0 Å². The highest BCUT2D eigenvalue weighted by atomic mass is 14.5. The van der Waals surface area contributed by atoms with Gasteiger partial charge in [0.2, 0.25) is 0 Å². The summed E-state index contributed by atoms with van der Waals surface area (Å²) in [6, 6.07) is 17.5. The smallest absolute Gasteiger partial charge is 0.0178 e. The Balaban J connectivity index is 1.99. The molecule has 2 aromatic rings. The highest BCUT2D eigenvalue weighted by molar-refractivity contribution is 5.68. The largest absolute Gasteiger partial charge is 0.326 e. The Morgan fingerprint density at radius 2 is 1.67 bits per heavy atom. The van der Waals surface area contributed by atoms with Crippen LogP contribution >= 0.6 is 0 Å². The fourth-order valence-corrected chi connectivity index (χ4v) is 2.66. The normalized spacial score (nSPS) is 15.4. The second-order valence-electron chi connectivity index (χ2n) is 5.12. The standard InChI is InChI=1S/C17H19N/c18-12-13-8-10-15(11-9-13)17-7-2-1-6-16(17)14-4-3-5-14/h1-2,6-11,14H,3-5,12,18H2. The average Bonchev–Trinajstić information content (AvgIpc) is 2.38. The van der Waals surface area contributed by atoms with E-state index in [4.69, 9.17) is 5.73 Å². The first kappa shape index (κ1) is 11.5. The number of nitrogens with two attached hydrogens (primary N) is 1. The second-order valence-corrected chi connectivity index (χ2v) is 5.12. The maximum atomic E-state index is 5.65. The highest BCUT2D eigenvalue weighted by Gasteiger charge is 2.21. The van der Waals surface area contributed by atoms with Gasteiger partial charge in [0, 0.05) is 6.54 Å². The van der Waals surface area contributed by atoms with Gasteiger partial charge in [-0.3, -0.25) is 0 Å². The molecule has 2 aromatic carbocycles. The molecule has 0 radical (unpaired) electrons. The van der Waals surface area contributed by atoms with Gasteiger partial charge >= 0.3 is 0 Å². The fourth-order valence-electron chi connectivity index (χ4n) is 2.66. The van der Waals surface area contributed by atoms with Crippen LogP contribution < -0.4 is 5.73 Å². The average molecular weight is 237 g/mol. The van der Waals surface area contributed by atoms with Gasteiger partial charge in [0.1, 0.15) is 0 Å². The zero-order valence-corrected chi connectivity index (χ0v) is 10.6. The summed E-state index contributed by atoms with van der Waals surface area (Å²) in [6.07, 6.45) is 4.07. The molecule has 1 nitrogen and oxygen atoms in total. The molecule has 2 N–H and O–H groups in total. The molecule has 1 aliphatic carbocycles. The van der Waals surface area contributed by atoms with Gasteiger partial charge in [-0.15, -0.1) is 0 Å². The SMILES string of the molecule is NCc1ccc(-c2ccccc2C2CCC2)cc1. The monoisotopic (exact) mass is 237 g/mol. The van der Waals surface area contributed by atoms with Crippen molar-refractivity contribution in [2.45, 2.75) is 31.7 Å². The topological polar surface area (TPSA) is 26.0 Å². The van der Waals surface area contributed by atoms with Crippen LogP contribution in [0.25, 0.3) is 11.1 Å². The first-order chi connectivity index (χ1) is 8.88. The van der Waals surface area contributed by atoms with Crippen molar-refractivity contribution in [2.75, 3.05) is 0 Å². The molecule has 1 fully saturated rings. The van der Waals surface area contributed by atoms with E-state index in [0.717, 1.165) is 5.92 Å². The minimum atomic E-state index is 0.616. The predicted molar refractivity (Wildman–Crippen MR) is 76.4 cm³/mol. The van der Waals surface area contributed by atoms with Gasteiger partial charge in [-0.05, 0) is 41.0 Å². The summed E-state index contributed by atoms with van der Waals surface area (Å²) in [4.78, 5) is 0. The first-order valence-electron chi connectivity index (χ1n) is 6.77. The predicted octanol–water partition coefficient (Wildman–Crippen LogP) is 4.08. The number of rotatable bonds is 3. The van der Waals surface area contributed by atoms with Gasteiger partial charge in [-0.25, -0.2) is 0 Å². The molecular weight excluding hydrogens is 218 g/mol. The first-order valence-corrected chi connectivity index (χ1v) is 6.77. The van der Waals surface area contributed by atoms with E-state index < -0.39 is 0 Å². The molecule has 0 amide bonds. The molecule has 0 aliphatic heterocycles. The second kappa shape index (κ2) is 4.95. The van der Waals surface area contributed by atoms with Crippen molar-refractivity contribution in [2.24, 2.45) is 5.73 Å². The highest BCUT2D eigenvalue weighted by Crippen LogP contribution is 2.40. The van der Waals surface area contributed by atoms with E-state index in [9.17, 15) is 0 Å². The minimum Gasteiger partial charge on any atom is -0.326 e. The lowest BCUT2D eigenvalue weighted by molar-refractivity contribution is 0.420. The summed E-state index contributed by atoms with van der Waals surface area (Å²) < 4.78 is 0. The number of hydrogen-bond acceptors (Lipinski definition) is 1. The van der Waals surface area contributed by atoms with E-state index >= 15 is 0 Å². The Labute approximate surface area is 109 Å². The van der Waals surface area contributed by atoms with Crippen LogP contribution in [0.1, 0.15) is 36.3 Å². The fraction of sp³-hybridized carbons (Fsp3) is 0.294. The molecule has 92 valence electrons. The third-order valence-electron chi connectivity index (χ3n) is 4.01. The van der Waals surface area contributed by atoms with Crippen LogP contribution in [-0.2, 0) is 6.54 Å². The Hall–Kier alpha value is -1.60. The van der Waals surface area contributed by atoms with Crippen LogP contribution in [0, 0.1) is 0 Å². The van der Waals surface area contributed by atoms with E-state index in [1.807, 2.05) is 0 Å². The minimum absolute atomic E-state index is 0.616. The summed E-state index contributed by atoms with van der Waals surface area (Å²) in [7, 11) is 0. The third kappa shape index (κ3) is 2.06. The molecule has 0 bridgehead atoms. The number of benzene rings is 2. The zero-order chi connectivity index (χ0) is 12.4. The van der Waals surface area contributed by atoms with Gasteiger partial charge < -0.3 is 5.73 Å². The van der Waals surface area contributed by atoms with Crippen molar-refractivity contribution >= 4 is 0 Å². The van der Waals surface area contributed by atoms with Crippen LogP contribution in [0.5, 0.6) is 0 Å². The van der Waals surface area contributed by atoms with E-state index in [1.54, 1.807) is 0 Å². The molecule has 3 rings (SSSR count). The molecule has 1 heteroatoms. The molecule has 0 saturated heterocycles.